The molecule has 0 aromatic rings. The van der Waals surface area contributed by atoms with E-state index in [4.69, 9.17) is 13.8 Å². The minimum Gasteiger partial charge on any atom is -0.450 e. The largest absolute Gasteiger partial charge is 0.450 e. The van der Waals surface area contributed by atoms with Crippen molar-refractivity contribution in [2.24, 2.45) is 0 Å². The third-order valence-electron chi connectivity index (χ3n) is 3.30. The van der Waals surface area contributed by atoms with Crippen LogP contribution in [0.5, 0.6) is 0 Å². The Kier molecular flexibility index (Phi) is 8.65. The molecule has 1 aliphatic rings. The molecule has 1 saturated heterocycles. The van der Waals surface area contributed by atoms with Crippen LogP contribution in [0, 0.1) is 0 Å². The Morgan fingerprint density at radius 1 is 1.22 bits per heavy atom. The molecular formula is C14H30NO5PSSi. The zero-order chi connectivity index (χ0) is 17.5. The number of amides is 1. The summed E-state index contributed by atoms with van der Waals surface area (Å²) in [6.07, 6.45) is -0.238. The van der Waals surface area contributed by atoms with Crippen LogP contribution in [-0.2, 0) is 18.3 Å². The monoisotopic (exact) mass is 383 g/mol. The van der Waals surface area contributed by atoms with Crippen LogP contribution < -0.4 is 0 Å². The number of rotatable bonds is 10. The van der Waals surface area contributed by atoms with E-state index < -0.39 is 15.7 Å². The van der Waals surface area contributed by atoms with E-state index in [-0.39, 0.29) is 11.3 Å². The molecule has 23 heavy (non-hydrogen) atoms. The number of nitrogens with zero attached hydrogens (tertiary/aromatic N) is 1. The Morgan fingerprint density at radius 3 is 2.26 bits per heavy atom. The molecular weight excluding hydrogens is 353 g/mol. The van der Waals surface area contributed by atoms with Crippen LogP contribution in [0.4, 0.5) is 4.79 Å². The third kappa shape index (κ3) is 8.07. The van der Waals surface area contributed by atoms with E-state index in [1.54, 1.807) is 30.5 Å². The van der Waals surface area contributed by atoms with E-state index in [2.05, 4.69) is 19.6 Å². The van der Waals surface area contributed by atoms with Crippen molar-refractivity contribution < 1.29 is 23.1 Å². The Balaban J connectivity index is 2.23. The van der Waals surface area contributed by atoms with Crippen molar-refractivity contribution in [3.63, 3.8) is 0 Å². The highest BCUT2D eigenvalue weighted by molar-refractivity contribution is 8.05. The summed E-state index contributed by atoms with van der Waals surface area (Å²) in [5, 5.41) is 0.272. The van der Waals surface area contributed by atoms with Crippen LogP contribution in [0.2, 0.25) is 25.7 Å². The first-order valence-corrected chi connectivity index (χ1v) is 14.6. The normalized spacial score (nSPS) is 16.3. The van der Waals surface area contributed by atoms with Crippen LogP contribution in [-0.4, -0.2) is 62.7 Å². The number of hydrogen-bond acceptors (Lipinski definition) is 6. The Bertz CT molecular complexity index is 416. The predicted molar refractivity (Wildman–Crippen MR) is 98.2 cm³/mol. The van der Waals surface area contributed by atoms with Gasteiger partial charge in [0.25, 0.3) is 0 Å². The number of ether oxygens (including phenoxy) is 1. The molecule has 0 atom stereocenters. The van der Waals surface area contributed by atoms with Gasteiger partial charge in [0.05, 0.1) is 25.3 Å². The summed E-state index contributed by atoms with van der Waals surface area (Å²) in [6, 6.07) is 0.983. The van der Waals surface area contributed by atoms with Gasteiger partial charge >= 0.3 is 13.7 Å². The lowest BCUT2D eigenvalue weighted by molar-refractivity contribution is 0.0873. The third-order valence-corrected chi connectivity index (χ3v) is 8.94. The second-order valence-electron chi connectivity index (χ2n) is 6.69. The van der Waals surface area contributed by atoms with E-state index in [9.17, 15) is 9.36 Å². The standard InChI is InChI=1S/C14H30NO5PSSi/c1-6-19-21(17,20-7-2)12-22-13-10-15(11-13)14(16)18-8-9-23(3,4)5/h13H,6-12H2,1-5H3. The molecule has 1 fully saturated rings. The molecule has 0 aromatic heterocycles. The highest BCUT2D eigenvalue weighted by Gasteiger charge is 2.35. The summed E-state index contributed by atoms with van der Waals surface area (Å²) >= 11 is 1.54. The lowest BCUT2D eigenvalue weighted by Crippen LogP contribution is -2.52. The van der Waals surface area contributed by atoms with Gasteiger partial charge in [0.1, 0.15) is 0 Å². The molecule has 1 aliphatic heterocycles. The first-order chi connectivity index (χ1) is 10.7. The van der Waals surface area contributed by atoms with E-state index in [1.807, 2.05) is 0 Å². The van der Waals surface area contributed by atoms with Crippen LogP contribution in [0.1, 0.15) is 13.8 Å². The molecule has 1 amide bonds. The zero-order valence-electron chi connectivity index (χ0n) is 14.9. The minimum absolute atomic E-state index is 0.238. The van der Waals surface area contributed by atoms with Gasteiger partial charge in [0.2, 0.25) is 0 Å². The summed E-state index contributed by atoms with van der Waals surface area (Å²) in [5.74, 6) is 0. The van der Waals surface area contributed by atoms with Gasteiger partial charge in [-0.3, -0.25) is 4.57 Å². The van der Waals surface area contributed by atoms with Gasteiger partial charge in [-0.1, -0.05) is 19.6 Å². The summed E-state index contributed by atoms with van der Waals surface area (Å²) in [5.41, 5.74) is 0.331. The molecule has 0 aliphatic carbocycles. The van der Waals surface area contributed by atoms with Crippen LogP contribution in [0.25, 0.3) is 0 Å². The summed E-state index contributed by atoms with van der Waals surface area (Å²) in [7, 11) is -4.17. The predicted octanol–water partition coefficient (Wildman–Crippen LogP) is 4.10. The second-order valence-corrected chi connectivity index (χ2v) is 16.1. The molecule has 0 bridgehead atoms. The molecule has 0 aromatic carbocycles. The van der Waals surface area contributed by atoms with Crippen molar-refractivity contribution in [2.75, 3.05) is 38.4 Å². The van der Waals surface area contributed by atoms with E-state index in [0.29, 0.717) is 38.4 Å². The van der Waals surface area contributed by atoms with Gasteiger partial charge in [-0.2, -0.15) is 0 Å². The van der Waals surface area contributed by atoms with Gasteiger partial charge in [-0.25, -0.2) is 4.79 Å². The average molecular weight is 384 g/mol. The summed E-state index contributed by atoms with van der Waals surface area (Å²) < 4.78 is 28.2. The fourth-order valence-corrected chi connectivity index (χ4v) is 6.25. The number of thioether (sulfide) groups is 1. The van der Waals surface area contributed by atoms with E-state index in [1.165, 1.54) is 0 Å². The van der Waals surface area contributed by atoms with Crippen LogP contribution in [0.3, 0.4) is 0 Å². The topological polar surface area (TPSA) is 65.1 Å². The Labute approximate surface area is 145 Å². The van der Waals surface area contributed by atoms with E-state index in [0.717, 1.165) is 6.04 Å². The molecule has 1 rings (SSSR count). The lowest BCUT2D eigenvalue weighted by Gasteiger charge is -2.38. The maximum absolute atomic E-state index is 12.3. The summed E-state index contributed by atoms with van der Waals surface area (Å²) in [4.78, 5) is 13.6. The minimum atomic E-state index is -3.00. The molecule has 0 unspecified atom stereocenters. The fraction of sp³-hybridized carbons (Fsp3) is 0.929. The van der Waals surface area contributed by atoms with Gasteiger partial charge in [0, 0.05) is 26.4 Å². The Hall–Kier alpha value is -0.0131. The number of carbonyl (C=O) groups is 1. The van der Waals surface area contributed by atoms with Crippen molar-refractivity contribution in [1.29, 1.82) is 0 Å². The fourth-order valence-electron chi connectivity index (χ4n) is 1.93. The highest BCUT2D eigenvalue weighted by atomic mass is 32.2. The van der Waals surface area contributed by atoms with Crippen molar-refractivity contribution in [2.45, 2.75) is 44.8 Å². The van der Waals surface area contributed by atoms with Crippen LogP contribution >= 0.6 is 19.4 Å². The smallest absolute Gasteiger partial charge is 0.409 e. The maximum Gasteiger partial charge on any atom is 0.409 e. The van der Waals surface area contributed by atoms with Gasteiger partial charge < -0.3 is 18.7 Å². The van der Waals surface area contributed by atoms with Gasteiger partial charge in [-0.15, -0.1) is 11.8 Å². The first kappa shape index (κ1) is 21.0. The van der Waals surface area contributed by atoms with Crippen molar-refractivity contribution in [1.82, 2.24) is 4.90 Å². The Morgan fingerprint density at radius 2 is 1.78 bits per heavy atom. The van der Waals surface area contributed by atoms with E-state index >= 15 is 0 Å². The van der Waals surface area contributed by atoms with Gasteiger partial charge in [-0.05, 0) is 19.9 Å². The summed E-state index contributed by atoms with van der Waals surface area (Å²) in [6.45, 7) is 12.9. The van der Waals surface area contributed by atoms with Gasteiger partial charge in [0.15, 0.2) is 0 Å². The lowest BCUT2D eigenvalue weighted by atomic mass is 10.2. The molecule has 0 N–H and O–H groups in total. The quantitative estimate of drug-likeness (QED) is 0.418. The molecule has 9 heteroatoms. The first-order valence-electron chi connectivity index (χ1n) is 8.10. The van der Waals surface area contributed by atoms with Crippen molar-refractivity contribution in [3.05, 3.63) is 0 Å². The molecule has 0 saturated carbocycles. The average Bonchev–Trinajstić information content (AvgIpc) is 2.35. The van der Waals surface area contributed by atoms with Crippen LogP contribution in [0.15, 0.2) is 0 Å². The van der Waals surface area contributed by atoms with Crippen molar-refractivity contribution in [3.8, 4) is 0 Å². The SMILES string of the molecule is CCOP(=O)(CSC1CN(C(=O)OCC[Si](C)(C)C)C1)OCC. The van der Waals surface area contributed by atoms with Crippen molar-refractivity contribution >= 4 is 33.5 Å². The zero-order valence-corrected chi connectivity index (χ0v) is 17.6. The highest BCUT2D eigenvalue weighted by Crippen LogP contribution is 2.52. The second kappa shape index (κ2) is 9.46. The number of carbonyl (C=O) groups excluding carboxylic acids is 1. The molecule has 1 heterocycles. The molecule has 6 nitrogen and oxygen atoms in total. The number of likely N-dealkylation sites (tertiary alicyclic amines) is 1. The molecule has 136 valence electrons. The molecule has 0 spiro atoms. The molecule has 0 radical (unpaired) electrons. The number of hydrogen-bond donors (Lipinski definition) is 0. The maximum atomic E-state index is 12.3.